The summed E-state index contributed by atoms with van der Waals surface area (Å²) >= 11 is 0. The van der Waals surface area contributed by atoms with E-state index < -0.39 is 0 Å². The summed E-state index contributed by atoms with van der Waals surface area (Å²) in [7, 11) is 3.15. The van der Waals surface area contributed by atoms with Gasteiger partial charge in [-0.25, -0.2) is 9.78 Å². The lowest BCUT2D eigenvalue weighted by Gasteiger charge is -2.23. The predicted molar refractivity (Wildman–Crippen MR) is 80.5 cm³/mol. The molecule has 1 N–H and O–H groups in total. The molecule has 0 aliphatic carbocycles. The van der Waals surface area contributed by atoms with Crippen LogP contribution in [0, 0.1) is 0 Å². The monoisotopic (exact) mass is 291 g/mol. The fourth-order valence-electron chi connectivity index (χ4n) is 3.03. The topological polar surface area (TPSA) is 73.8 Å². The molecule has 21 heavy (non-hydrogen) atoms. The number of hydrogen-bond acceptors (Lipinski definition) is 4. The van der Waals surface area contributed by atoms with Gasteiger partial charge in [0.25, 0.3) is 5.56 Å². The Morgan fingerprint density at radius 1 is 1.29 bits per heavy atom. The number of aryl methyl sites for hydroxylation is 2. The van der Waals surface area contributed by atoms with Crippen molar-refractivity contribution in [3.63, 3.8) is 0 Å². The van der Waals surface area contributed by atoms with Gasteiger partial charge in [-0.3, -0.25) is 13.9 Å². The van der Waals surface area contributed by atoms with Crippen LogP contribution in [0.5, 0.6) is 0 Å². The normalized spacial score (nSPS) is 19.2. The molecule has 1 atom stereocenters. The molecular formula is C14H21N5O2. The predicted octanol–water partition coefficient (Wildman–Crippen LogP) is -0.0341. The van der Waals surface area contributed by atoms with Crippen LogP contribution in [0.4, 0.5) is 0 Å². The average molecular weight is 291 g/mol. The van der Waals surface area contributed by atoms with Gasteiger partial charge in [-0.05, 0) is 25.8 Å². The van der Waals surface area contributed by atoms with Gasteiger partial charge < -0.3 is 9.88 Å². The first-order valence-corrected chi connectivity index (χ1v) is 7.44. The van der Waals surface area contributed by atoms with Crippen LogP contribution < -0.4 is 16.6 Å². The number of imidazole rings is 1. The highest BCUT2D eigenvalue weighted by atomic mass is 16.2. The Labute approximate surface area is 122 Å². The van der Waals surface area contributed by atoms with E-state index in [9.17, 15) is 9.59 Å². The number of fused-ring (bicyclic) bond motifs is 1. The zero-order valence-electron chi connectivity index (χ0n) is 12.5. The third kappa shape index (κ3) is 2.42. The first kappa shape index (κ1) is 14.1. The van der Waals surface area contributed by atoms with Crippen molar-refractivity contribution >= 4 is 11.2 Å². The van der Waals surface area contributed by atoms with E-state index in [1.54, 1.807) is 13.4 Å². The van der Waals surface area contributed by atoms with Gasteiger partial charge in [-0.15, -0.1) is 0 Å². The Balaban J connectivity index is 1.93. The fourth-order valence-corrected chi connectivity index (χ4v) is 3.03. The van der Waals surface area contributed by atoms with Crippen molar-refractivity contribution in [3.05, 3.63) is 27.2 Å². The Morgan fingerprint density at radius 3 is 2.81 bits per heavy atom. The second-order valence-electron chi connectivity index (χ2n) is 5.75. The van der Waals surface area contributed by atoms with Crippen molar-refractivity contribution < 1.29 is 0 Å². The number of nitrogens with one attached hydrogen (secondary N) is 1. The Hall–Kier alpha value is -1.89. The lowest BCUT2D eigenvalue weighted by atomic mass is 10.0. The van der Waals surface area contributed by atoms with Crippen LogP contribution in [-0.2, 0) is 20.6 Å². The summed E-state index contributed by atoms with van der Waals surface area (Å²) in [6.07, 6.45) is 6.32. The van der Waals surface area contributed by atoms with E-state index in [1.165, 1.54) is 30.9 Å². The third-order valence-corrected chi connectivity index (χ3v) is 4.35. The van der Waals surface area contributed by atoms with Crippen LogP contribution in [-0.4, -0.2) is 31.3 Å². The van der Waals surface area contributed by atoms with E-state index in [2.05, 4.69) is 10.3 Å². The highest BCUT2D eigenvalue weighted by Crippen LogP contribution is 2.13. The van der Waals surface area contributed by atoms with E-state index >= 15 is 0 Å². The number of hydrogen-bond donors (Lipinski definition) is 1. The lowest BCUT2D eigenvalue weighted by molar-refractivity contribution is 0.368. The third-order valence-electron chi connectivity index (χ3n) is 4.35. The van der Waals surface area contributed by atoms with Gasteiger partial charge in [-0.2, -0.15) is 0 Å². The van der Waals surface area contributed by atoms with Crippen molar-refractivity contribution in [2.45, 2.75) is 38.3 Å². The van der Waals surface area contributed by atoms with Gasteiger partial charge in [0.15, 0.2) is 11.2 Å². The minimum absolute atomic E-state index is 0.276. The molecule has 0 aromatic carbocycles. The minimum atomic E-state index is -0.341. The van der Waals surface area contributed by atoms with Crippen LogP contribution in [0.3, 0.4) is 0 Å². The molecule has 0 radical (unpaired) electrons. The molecular weight excluding hydrogens is 270 g/mol. The van der Waals surface area contributed by atoms with Gasteiger partial charge in [0, 0.05) is 26.7 Å². The van der Waals surface area contributed by atoms with Crippen molar-refractivity contribution in [3.8, 4) is 0 Å². The van der Waals surface area contributed by atoms with E-state index in [4.69, 9.17) is 0 Å². The number of aromatic nitrogens is 4. The van der Waals surface area contributed by atoms with Gasteiger partial charge in [0.1, 0.15) is 0 Å². The Bertz CT molecular complexity index is 764. The summed E-state index contributed by atoms with van der Waals surface area (Å²) in [5.74, 6) is 0. The molecule has 7 heteroatoms. The number of piperidine rings is 1. The molecule has 1 fully saturated rings. The standard InChI is InChI=1S/C14H21N5O2/c1-17-12-11(13(20)18(2)14(17)21)19(9-16-12)8-6-10-5-3-4-7-15-10/h9-10,15H,3-8H2,1-2H3. The average Bonchev–Trinajstić information content (AvgIpc) is 2.94. The first-order valence-electron chi connectivity index (χ1n) is 7.44. The van der Waals surface area contributed by atoms with E-state index in [0.717, 1.165) is 24.1 Å². The Morgan fingerprint density at radius 2 is 2.10 bits per heavy atom. The summed E-state index contributed by atoms with van der Waals surface area (Å²) in [6.45, 7) is 1.81. The molecule has 114 valence electrons. The molecule has 0 spiro atoms. The number of rotatable bonds is 3. The summed E-state index contributed by atoms with van der Waals surface area (Å²) in [4.78, 5) is 28.4. The van der Waals surface area contributed by atoms with Crippen LogP contribution >= 0.6 is 0 Å². The highest BCUT2D eigenvalue weighted by molar-refractivity contribution is 5.69. The van der Waals surface area contributed by atoms with Gasteiger partial charge in [-0.1, -0.05) is 6.42 Å². The fraction of sp³-hybridized carbons (Fsp3) is 0.643. The maximum atomic E-state index is 12.3. The maximum Gasteiger partial charge on any atom is 0.332 e. The van der Waals surface area contributed by atoms with Crippen LogP contribution in [0.2, 0.25) is 0 Å². The number of nitrogens with zero attached hydrogens (tertiary/aromatic N) is 4. The zero-order valence-corrected chi connectivity index (χ0v) is 12.5. The molecule has 1 aliphatic heterocycles. The summed E-state index contributed by atoms with van der Waals surface area (Å²) in [5.41, 5.74) is 0.351. The SMILES string of the molecule is Cn1c(=O)c2c(ncn2CCC2CCCCN2)n(C)c1=O. The van der Waals surface area contributed by atoms with E-state index in [-0.39, 0.29) is 11.2 Å². The first-order chi connectivity index (χ1) is 10.1. The molecule has 0 saturated carbocycles. The van der Waals surface area contributed by atoms with Crippen LogP contribution in [0.25, 0.3) is 11.2 Å². The molecule has 1 saturated heterocycles. The van der Waals surface area contributed by atoms with Gasteiger partial charge >= 0.3 is 5.69 Å². The van der Waals surface area contributed by atoms with E-state index in [1.807, 2.05) is 4.57 Å². The minimum Gasteiger partial charge on any atom is -0.325 e. The molecule has 1 aliphatic rings. The van der Waals surface area contributed by atoms with E-state index in [0.29, 0.717) is 17.2 Å². The molecule has 2 aromatic rings. The van der Waals surface area contributed by atoms with Gasteiger partial charge in [0.05, 0.1) is 6.33 Å². The maximum absolute atomic E-state index is 12.3. The molecule has 3 rings (SSSR count). The van der Waals surface area contributed by atoms with Crippen molar-refractivity contribution in [1.29, 1.82) is 0 Å². The molecule has 1 unspecified atom stereocenters. The zero-order chi connectivity index (χ0) is 15.0. The van der Waals surface area contributed by atoms with Crippen molar-refractivity contribution in [2.24, 2.45) is 14.1 Å². The quantitative estimate of drug-likeness (QED) is 0.861. The summed E-state index contributed by atoms with van der Waals surface area (Å²) in [6, 6.07) is 0.507. The second kappa shape index (κ2) is 5.48. The molecule has 7 nitrogen and oxygen atoms in total. The second-order valence-corrected chi connectivity index (χ2v) is 5.75. The van der Waals surface area contributed by atoms with Crippen molar-refractivity contribution in [1.82, 2.24) is 24.0 Å². The summed E-state index contributed by atoms with van der Waals surface area (Å²) < 4.78 is 4.43. The summed E-state index contributed by atoms with van der Waals surface area (Å²) in [5, 5.41) is 3.50. The molecule has 0 bridgehead atoms. The Kier molecular flexibility index (Phi) is 3.67. The molecule has 3 heterocycles. The largest absolute Gasteiger partial charge is 0.332 e. The highest BCUT2D eigenvalue weighted by Gasteiger charge is 2.16. The lowest BCUT2D eigenvalue weighted by Crippen LogP contribution is -2.38. The smallest absolute Gasteiger partial charge is 0.325 e. The molecule has 2 aromatic heterocycles. The van der Waals surface area contributed by atoms with Crippen LogP contribution in [0.1, 0.15) is 25.7 Å². The van der Waals surface area contributed by atoms with Crippen molar-refractivity contribution in [2.75, 3.05) is 6.54 Å². The van der Waals surface area contributed by atoms with Gasteiger partial charge in [0.2, 0.25) is 0 Å². The van der Waals surface area contributed by atoms with Crippen LogP contribution in [0.15, 0.2) is 15.9 Å². The molecule has 0 amide bonds.